The monoisotopic (exact) mass is 590 g/mol. The third-order valence-electron chi connectivity index (χ3n) is 7.33. The summed E-state index contributed by atoms with van der Waals surface area (Å²) < 4.78 is 4.92. The smallest absolute Gasteiger partial charge is 0.297 e. The van der Waals surface area contributed by atoms with Gasteiger partial charge in [-0.1, -0.05) is 48.5 Å². The van der Waals surface area contributed by atoms with Crippen molar-refractivity contribution >= 4 is 39.2 Å². The SMILES string of the molecule is CC(=Nn1c(-c2ccc([N+](=O)[O-])cc2)csc1=Nc1c(C)n(C)n(-c2ccccc2)c1=O)c1ccc2ccccc2c1O. The number of hydrogen-bond acceptors (Lipinski definition) is 7. The molecule has 1 N–H and O–H groups in total. The van der Waals surface area contributed by atoms with Gasteiger partial charge < -0.3 is 5.11 Å². The number of nitro benzene ring substituents is 1. The number of aromatic hydroxyl groups is 1. The Morgan fingerprint density at radius 1 is 0.953 bits per heavy atom. The molecule has 0 fully saturated rings. The molecule has 2 heterocycles. The zero-order valence-corrected chi connectivity index (χ0v) is 24.3. The average molecular weight is 591 g/mol. The van der Waals surface area contributed by atoms with Gasteiger partial charge in [0.2, 0.25) is 4.80 Å². The summed E-state index contributed by atoms with van der Waals surface area (Å²) in [5.74, 6) is 0.107. The topological polar surface area (TPSA) is 120 Å². The zero-order chi connectivity index (χ0) is 30.2. The van der Waals surface area contributed by atoms with Crippen molar-refractivity contribution in [3.05, 3.63) is 133 Å². The second-order valence-electron chi connectivity index (χ2n) is 9.91. The predicted octanol–water partition coefficient (Wildman–Crippen LogP) is 6.29. The number of phenols is 1. The van der Waals surface area contributed by atoms with E-state index in [9.17, 15) is 20.0 Å². The fraction of sp³-hybridized carbons (Fsp3) is 0.0938. The number of hydrogen-bond donors (Lipinski definition) is 1. The number of rotatable bonds is 6. The largest absolute Gasteiger partial charge is 0.507 e. The number of phenolic OH excluding ortho intramolecular Hbond substituents is 1. The molecule has 0 aliphatic carbocycles. The maximum atomic E-state index is 13.6. The standard InChI is InChI=1S/C32H26N6O4S/c1-20(26-18-15-22-9-7-8-12-27(22)30(26)39)34-36-28(23-13-16-25(17-14-23)38(41)42)19-43-32(36)33-29-21(2)35(3)37(31(29)40)24-10-5-4-6-11-24/h4-19,39H,1-3H3. The number of thiazole rings is 1. The maximum Gasteiger partial charge on any atom is 0.297 e. The van der Waals surface area contributed by atoms with Crippen LogP contribution >= 0.6 is 11.3 Å². The molecule has 6 rings (SSSR count). The fourth-order valence-electron chi connectivity index (χ4n) is 4.96. The molecule has 0 saturated heterocycles. The van der Waals surface area contributed by atoms with E-state index < -0.39 is 4.92 Å². The van der Waals surface area contributed by atoms with Crippen LogP contribution in [0.1, 0.15) is 18.2 Å². The summed E-state index contributed by atoms with van der Waals surface area (Å²) in [4.78, 5) is 29.7. The molecular weight excluding hydrogens is 564 g/mol. The van der Waals surface area contributed by atoms with Gasteiger partial charge in [-0.2, -0.15) is 5.10 Å². The average Bonchev–Trinajstić information content (AvgIpc) is 3.50. The van der Waals surface area contributed by atoms with E-state index in [2.05, 4.69) is 0 Å². The highest BCUT2D eigenvalue weighted by Crippen LogP contribution is 2.30. The van der Waals surface area contributed by atoms with E-state index in [4.69, 9.17) is 10.1 Å². The highest BCUT2D eigenvalue weighted by Gasteiger charge is 2.18. The number of fused-ring (bicyclic) bond motifs is 1. The Kier molecular flexibility index (Phi) is 7.08. The van der Waals surface area contributed by atoms with Crippen LogP contribution in [0.5, 0.6) is 5.75 Å². The van der Waals surface area contributed by atoms with Crippen LogP contribution < -0.4 is 10.4 Å². The van der Waals surface area contributed by atoms with Crippen LogP contribution in [0, 0.1) is 17.0 Å². The second-order valence-corrected chi connectivity index (χ2v) is 10.7. The Hall–Kier alpha value is -5.55. The molecule has 0 bridgehead atoms. The minimum Gasteiger partial charge on any atom is -0.507 e. The van der Waals surface area contributed by atoms with Gasteiger partial charge in [0, 0.05) is 41.1 Å². The van der Waals surface area contributed by atoms with E-state index in [1.54, 1.807) is 40.1 Å². The third kappa shape index (κ3) is 4.95. The fourth-order valence-corrected chi connectivity index (χ4v) is 5.79. The lowest BCUT2D eigenvalue weighted by Crippen LogP contribution is -2.20. The summed E-state index contributed by atoms with van der Waals surface area (Å²) in [5.41, 5.74) is 3.68. The van der Waals surface area contributed by atoms with Gasteiger partial charge in [-0.05, 0) is 49.6 Å². The second kappa shape index (κ2) is 11.0. The first-order valence-corrected chi connectivity index (χ1v) is 14.2. The van der Waals surface area contributed by atoms with E-state index in [1.807, 2.05) is 79.0 Å². The predicted molar refractivity (Wildman–Crippen MR) is 169 cm³/mol. The first-order chi connectivity index (χ1) is 20.7. The van der Waals surface area contributed by atoms with Crippen molar-refractivity contribution in [2.24, 2.45) is 17.1 Å². The van der Waals surface area contributed by atoms with Crippen molar-refractivity contribution < 1.29 is 10.0 Å². The maximum absolute atomic E-state index is 13.6. The van der Waals surface area contributed by atoms with Crippen molar-refractivity contribution in [3.8, 4) is 22.7 Å². The van der Waals surface area contributed by atoms with Crippen molar-refractivity contribution in [2.45, 2.75) is 13.8 Å². The molecule has 4 aromatic carbocycles. The lowest BCUT2D eigenvalue weighted by atomic mass is 10.0. The summed E-state index contributed by atoms with van der Waals surface area (Å²) in [6.07, 6.45) is 0. The Bertz CT molecular complexity index is 2170. The minimum absolute atomic E-state index is 0.0300. The highest BCUT2D eigenvalue weighted by molar-refractivity contribution is 7.07. The minimum atomic E-state index is -0.451. The van der Waals surface area contributed by atoms with Crippen LogP contribution in [0.3, 0.4) is 0 Å². The summed E-state index contributed by atoms with van der Waals surface area (Å²) in [6, 6.07) is 26.8. The first kappa shape index (κ1) is 27.6. The summed E-state index contributed by atoms with van der Waals surface area (Å²) in [7, 11) is 1.80. The van der Waals surface area contributed by atoms with Gasteiger partial charge in [0.25, 0.3) is 11.2 Å². The number of non-ortho nitro benzene ring substituents is 1. The number of aromatic nitrogens is 3. The summed E-state index contributed by atoms with van der Waals surface area (Å²) in [6.45, 7) is 3.62. The number of benzene rings is 4. The molecule has 43 heavy (non-hydrogen) atoms. The van der Waals surface area contributed by atoms with E-state index in [0.29, 0.717) is 44.1 Å². The summed E-state index contributed by atoms with van der Waals surface area (Å²) >= 11 is 1.28. The van der Waals surface area contributed by atoms with Crippen molar-refractivity contribution in [3.63, 3.8) is 0 Å². The molecule has 0 unspecified atom stereocenters. The van der Waals surface area contributed by atoms with Crippen molar-refractivity contribution in [1.29, 1.82) is 0 Å². The zero-order valence-electron chi connectivity index (χ0n) is 23.5. The van der Waals surface area contributed by atoms with Gasteiger partial charge in [-0.3, -0.25) is 19.6 Å². The van der Waals surface area contributed by atoms with E-state index in [-0.39, 0.29) is 22.7 Å². The van der Waals surface area contributed by atoms with Gasteiger partial charge >= 0.3 is 0 Å². The van der Waals surface area contributed by atoms with Crippen LogP contribution in [-0.4, -0.2) is 29.8 Å². The number of nitro groups is 1. The van der Waals surface area contributed by atoms with Gasteiger partial charge in [0.15, 0.2) is 5.69 Å². The molecule has 10 nitrogen and oxygen atoms in total. The molecule has 2 aromatic heterocycles. The van der Waals surface area contributed by atoms with E-state index in [0.717, 1.165) is 5.39 Å². The normalized spacial score (nSPS) is 12.3. The Morgan fingerprint density at radius 2 is 1.65 bits per heavy atom. The van der Waals surface area contributed by atoms with Gasteiger partial charge in [0.05, 0.1) is 27.7 Å². The molecule has 0 atom stereocenters. The number of nitrogens with zero attached hydrogens (tertiary/aromatic N) is 6. The molecule has 11 heteroatoms. The molecule has 0 aliphatic heterocycles. The summed E-state index contributed by atoms with van der Waals surface area (Å²) in [5, 5.41) is 30.7. The van der Waals surface area contributed by atoms with Crippen LogP contribution in [0.4, 0.5) is 11.4 Å². The molecule has 0 radical (unpaired) electrons. The molecule has 214 valence electrons. The van der Waals surface area contributed by atoms with Gasteiger partial charge in [-0.15, -0.1) is 11.3 Å². The van der Waals surface area contributed by atoms with Crippen LogP contribution in [0.15, 0.2) is 111 Å². The number of para-hydroxylation sites is 1. The molecule has 0 aliphatic rings. The Balaban J connectivity index is 1.56. The molecular formula is C32H26N6O4S. The third-order valence-corrected chi connectivity index (χ3v) is 8.15. The quantitative estimate of drug-likeness (QED) is 0.139. The van der Waals surface area contributed by atoms with Crippen LogP contribution in [-0.2, 0) is 7.05 Å². The molecule has 6 aromatic rings. The van der Waals surface area contributed by atoms with Crippen LogP contribution in [0.2, 0.25) is 0 Å². The molecule has 0 saturated carbocycles. The molecule has 0 spiro atoms. The Morgan fingerprint density at radius 3 is 2.37 bits per heavy atom. The Labute approximate surface area is 249 Å². The van der Waals surface area contributed by atoms with E-state index >= 15 is 0 Å². The van der Waals surface area contributed by atoms with Crippen molar-refractivity contribution in [1.82, 2.24) is 14.0 Å². The van der Waals surface area contributed by atoms with Gasteiger partial charge in [-0.25, -0.2) is 14.4 Å². The van der Waals surface area contributed by atoms with Crippen LogP contribution in [0.25, 0.3) is 27.7 Å². The van der Waals surface area contributed by atoms with E-state index in [1.165, 1.54) is 23.5 Å². The van der Waals surface area contributed by atoms with Crippen molar-refractivity contribution in [2.75, 3.05) is 0 Å². The first-order valence-electron chi connectivity index (χ1n) is 13.4. The lowest BCUT2D eigenvalue weighted by molar-refractivity contribution is -0.384. The van der Waals surface area contributed by atoms with Gasteiger partial charge in [0.1, 0.15) is 5.75 Å². The highest BCUT2D eigenvalue weighted by atomic mass is 32.1. The lowest BCUT2D eigenvalue weighted by Gasteiger charge is -2.09. The molecule has 0 amide bonds.